The first-order chi connectivity index (χ1) is 13.6. The van der Waals surface area contributed by atoms with Gasteiger partial charge < -0.3 is 10.5 Å². The molecule has 3 aromatic carbocycles. The van der Waals surface area contributed by atoms with Gasteiger partial charge in [-0.05, 0) is 66.1 Å². The van der Waals surface area contributed by atoms with Crippen molar-refractivity contribution in [2.75, 3.05) is 6.61 Å². The van der Waals surface area contributed by atoms with Gasteiger partial charge in [-0.15, -0.1) is 0 Å². The van der Waals surface area contributed by atoms with Crippen LogP contribution in [0.4, 0.5) is 0 Å². The fraction of sp³-hybridized carbons (Fsp3) is 0.240. The molecular formula is C25H27NO2. The number of ether oxygens (including phenoxy) is 1. The number of nitrogens with two attached hydrogens (primary N) is 1. The van der Waals surface area contributed by atoms with Gasteiger partial charge in [0.1, 0.15) is 5.75 Å². The summed E-state index contributed by atoms with van der Waals surface area (Å²) in [6, 6.07) is 26.0. The van der Waals surface area contributed by atoms with Gasteiger partial charge >= 0.3 is 0 Å². The second kappa shape index (κ2) is 9.75. The molecule has 0 fully saturated rings. The molecule has 0 bridgehead atoms. The smallest absolute Gasteiger partial charge is 0.248 e. The van der Waals surface area contributed by atoms with Crippen LogP contribution in [-0.4, -0.2) is 12.5 Å². The zero-order valence-corrected chi connectivity index (χ0v) is 16.3. The van der Waals surface area contributed by atoms with Crippen LogP contribution in [0.2, 0.25) is 0 Å². The fourth-order valence-electron chi connectivity index (χ4n) is 3.29. The number of amides is 1. The monoisotopic (exact) mass is 373 g/mol. The highest BCUT2D eigenvalue weighted by Gasteiger charge is 2.05. The maximum atomic E-state index is 11.3. The molecule has 1 atom stereocenters. The van der Waals surface area contributed by atoms with Crippen LogP contribution in [-0.2, 0) is 0 Å². The number of rotatable bonds is 9. The molecule has 0 aliphatic rings. The van der Waals surface area contributed by atoms with Crippen LogP contribution < -0.4 is 10.5 Å². The minimum atomic E-state index is -0.414. The van der Waals surface area contributed by atoms with E-state index in [9.17, 15) is 4.79 Å². The molecule has 3 aromatic rings. The number of carbonyl (C=O) groups excluding carboxylic acids is 1. The fourth-order valence-corrected chi connectivity index (χ4v) is 3.29. The number of hydrogen-bond donors (Lipinski definition) is 1. The summed E-state index contributed by atoms with van der Waals surface area (Å²) in [5, 5.41) is 0. The van der Waals surface area contributed by atoms with Gasteiger partial charge in [-0.2, -0.15) is 0 Å². The Labute approximate surface area is 167 Å². The summed E-state index contributed by atoms with van der Waals surface area (Å²) >= 11 is 0. The molecule has 0 saturated carbocycles. The van der Waals surface area contributed by atoms with E-state index in [1.807, 2.05) is 42.5 Å². The summed E-state index contributed by atoms with van der Waals surface area (Å²) in [5.41, 5.74) is 9.28. The van der Waals surface area contributed by atoms with Gasteiger partial charge in [0.2, 0.25) is 5.91 Å². The molecule has 0 aliphatic carbocycles. The first kappa shape index (κ1) is 19.7. The minimum Gasteiger partial charge on any atom is -0.494 e. The van der Waals surface area contributed by atoms with E-state index >= 15 is 0 Å². The molecule has 144 valence electrons. The van der Waals surface area contributed by atoms with Crippen molar-refractivity contribution in [3.63, 3.8) is 0 Å². The Kier molecular flexibility index (Phi) is 6.85. The van der Waals surface area contributed by atoms with E-state index in [-0.39, 0.29) is 0 Å². The minimum absolute atomic E-state index is 0.414. The third-order valence-corrected chi connectivity index (χ3v) is 5.00. The molecule has 0 spiro atoms. The van der Waals surface area contributed by atoms with E-state index in [0.717, 1.165) is 36.3 Å². The molecule has 3 rings (SSSR count). The Morgan fingerprint density at radius 1 is 0.893 bits per heavy atom. The Morgan fingerprint density at radius 3 is 2.36 bits per heavy atom. The summed E-state index contributed by atoms with van der Waals surface area (Å²) in [4.78, 5) is 11.3. The largest absolute Gasteiger partial charge is 0.494 e. The quantitative estimate of drug-likeness (QED) is 0.482. The van der Waals surface area contributed by atoms with Gasteiger partial charge in [-0.3, -0.25) is 4.79 Å². The second-order valence-electron chi connectivity index (χ2n) is 7.13. The lowest BCUT2D eigenvalue weighted by molar-refractivity contribution is 0.100. The molecule has 0 radical (unpaired) electrons. The number of benzene rings is 3. The number of hydrogen-bond acceptors (Lipinski definition) is 2. The Morgan fingerprint density at radius 2 is 1.64 bits per heavy atom. The Bertz CT molecular complexity index is 888. The lowest BCUT2D eigenvalue weighted by Crippen LogP contribution is -2.10. The van der Waals surface area contributed by atoms with Crippen molar-refractivity contribution < 1.29 is 9.53 Å². The van der Waals surface area contributed by atoms with Crippen LogP contribution in [0.15, 0.2) is 78.9 Å². The SMILES string of the molecule is CC(CCCCOc1ccc(-c2cccc(C(N)=O)c2)cc1)c1ccccc1. The van der Waals surface area contributed by atoms with Crippen LogP contribution >= 0.6 is 0 Å². The molecule has 3 nitrogen and oxygen atoms in total. The van der Waals surface area contributed by atoms with E-state index in [4.69, 9.17) is 10.5 Å². The van der Waals surface area contributed by atoms with Crippen molar-refractivity contribution in [3.8, 4) is 16.9 Å². The van der Waals surface area contributed by atoms with Crippen molar-refractivity contribution in [3.05, 3.63) is 90.0 Å². The predicted octanol–water partition coefficient (Wildman–Crippen LogP) is 5.81. The average molecular weight is 373 g/mol. The summed E-state index contributed by atoms with van der Waals surface area (Å²) in [6.45, 7) is 3.00. The number of unbranched alkanes of at least 4 members (excludes halogenated alkanes) is 1. The second-order valence-corrected chi connectivity index (χ2v) is 7.13. The van der Waals surface area contributed by atoms with Crippen molar-refractivity contribution >= 4 is 5.91 Å². The maximum absolute atomic E-state index is 11.3. The highest BCUT2D eigenvalue weighted by molar-refractivity contribution is 5.94. The standard InChI is InChI=1S/C25H27NO2/c1-19(20-9-3-2-4-10-20)8-5-6-17-28-24-15-13-21(14-16-24)22-11-7-12-23(18-22)25(26)27/h2-4,7,9-16,18-19H,5-6,8,17H2,1H3,(H2,26,27). The molecule has 0 aliphatic heterocycles. The van der Waals surface area contributed by atoms with E-state index in [0.29, 0.717) is 11.5 Å². The lowest BCUT2D eigenvalue weighted by Gasteiger charge is -2.12. The molecule has 1 amide bonds. The maximum Gasteiger partial charge on any atom is 0.248 e. The van der Waals surface area contributed by atoms with E-state index < -0.39 is 5.91 Å². The van der Waals surface area contributed by atoms with Gasteiger partial charge in [-0.1, -0.05) is 61.5 Å². The van der Waals surface area contributed by atoms with E-state index in [2.05, 4.69) is 37.3 Å². The van der Waals surface area contributed by atoms with Crippen molar-refractivity contribution in [2.24, 2.45) is 5.73 Å². The van der Waals surface area contributed by atoms with Gasteiger partial charge in [0, 0.05) is 5.56 Å². The third kappa shape index (κ3) is 5.46. The third-order valence-electron chi connectivity index (χ3n) is 5.00. The molecule has 0 heterocycles. The molecule has 2 N–H and O–H groups in total. The normalized spacial score (nSPS) is 11.8. The van der Waals surface area contributed by atoms with E-state index in [1.54, 1.807) is 6.07 Å². The first-order valence-corrected chi connectivity index (χ1v) is 9.81. The van der Waals surface area contributed by atoms with Gasteiger partial charge in [0.05, 0.1) is 6.61 Å². The van der Waals surface area contributed by atoms with Crippen LogP contribution in [0.3, 0.4) is 0 Å². The van der Waals surface area contributed by atoms with Gasteiger partial charge in [0.15, 0.2) is 0 Å². The molecule has 3 heteroatoms. The molecule has 1 unspecified atom stereocenters. The average Bonchev–Trinajstić information content (AvgIpc) is 2.74. The highest BCUT2D eigenvalue weighted by atomic mass is 16.5. The van der Waals surface area contributed by atoms with Crippen molar-refractivity contribution in [1.82, 2.24) is 0 Å². The Balaban J connectivity index is 1.45. The predicted molar refractivity (Wildman–Crippen MR) is 115 cm³/mol. The zero-order valence-electron chi connectivity index (χ0n) is 16.3. The van der Waals surface area contributed by atoms with Crippen molar-refractivity contribution in [2.45, 2.75) is 32.1 Å². The summed E-state index contributed by atoms with van der Waals surface area (Å²) in [5.74, 6) is 1.03. The van der Waals surface area contributed by atoms with Crippen LogP contribution in [0.5, 0.6) is 5.75 Å². The molecular weight excluding hydrogens is 346 g/mol. The van der Waals surface area contributed by atoms with Crippen LogP contribution in [0.25, 0.3) is 11.1 Å². The zero-order chi connectivity index (χ0) is 19.8. The summed E-state index contributed by atoms with van der Waals surface area (Å²) in [7, 11) is 0. The van der Waals surface area contributed by atoms with Gasteiger partial charge in [0.25, 0.3) is 0 Å². The molecule has 0 saturated heterocycles. The number of primary amides is 1. The van der Waals surface area contributed by atoms with E-state index in [1.165, 1.54) is 12.0 Å². The molecule has 0 aromatic heterocycles. The van der Waals surface area contributed by atoms with Crippen LogP contribution in [0, 0.1) is 0 Å². The van der Waals surface area contributed by atoms with Gasteiger partial charge in [-0.25, -0.2) is 0 Å². The highest BCUT2D eigenvalue weighted by Crippen LogP contribution is 2.24. The summed E-state index contributed by atoms with van der Waals surface area (Å²) < 4.78 is 5.87. The van der Waals surface area contributed by atoms with Crippen LogP contribution in [0.1, 0.15) is 48.0 Å². The Hall–Kier alpha value is -3.07. The lowest BCUT2D eigenvalue weighted by atomic mass is 9.96. The topological polar surface area (TPSA) is 52.3 Å². The molecule has 28 heavy (non-hydrogen) atoms. The first-order valence-electron chi connectivity index (χ1n) is 9.81. The summed E-state index contributed by atoms with van der Waals surface area (Å²) in [6.07, 6.45) is 3.36. The van der Waals surface area contributed by atoms with Crippen molar-refractivity contribution in [1.29, 1.82) is 0 Å². The number of carbonyl (C=O) groups is 1.